The third-order valence-electron chi connectivity index (χ3n) is 3.20. The number of esters is 2. The van der Waals surface area contributed by atoms with Gasteiger partial charge in [-0.3, -0.25) is 14.4 Å². The fourth-order valence-electron chi connectivity index (χ4n) is 2.37. The van der Waals surface area contributed by atoms with Gasteiger partial charge in [-0.2, -0.15) is 0 Å². The Morgan fingerprint density at radius 3 is 2.80 bits per heavy atom. The Balaban J connectivity index is 2.16. The lowest BCUT2D eigenvalue weighted by atomic mass is 9.86. The van der Waals surface area contributed by atoms with Gasteiger partial charge in [-0.25, -0.2) is 0 Å². The second-order valence-electron chi connectivity index (χ2n) is 3.96. The fourth-order valence-corrected chi connectivity index (χ4v) is 2.37. The number of fused-ring (bicyclic) bond motifs is 1. The molecule has 0 radical (unpaired) electrons. The van der Waals surface area contributed by atoms with E-state index in [0.717, 1.165) is 0 Å². The van der Waals surface area contributed by atoms with Crippen LogP contribution in [0.4, 0.5) is 0 Å². The highest BCUT2D eigenvalue weighted by atomic mass is 16.5. The number of ketones is 1. The van der Waals surface area contributed by atoms with Crippen LogP contribution in [0.2, 0.25) is 0 Å². The minimum absolute atomic E-state index is 0.0212. The highest BCUT2D eigenvalue weighted by molar-refractivity contribution is 5.93. The van der Waals surface area contributed by atoms with Crippen LogP contribution in [-0.4, -0.2) is 31.4 Å². The molecule has 0 amide bonds. The van der Waals surface area contributed by atoms with Gasteiger partial charge in [0.15, 0.2) is 0 Å². The van der Waals surface area contributed by atoms with Crippen molar-refractivity contribution in [3.05, 3.63) is 0 Å². The number of ether oxygens (including phenoxy) is 2. The molecule has 1 aliphatic heterocycles. The standard InChI is InChI=1S/C10H12O5/c1-14-10(13)6-2-8(11)5-3-9(12)15-4-7(5)6/h5-7H,2-4H2,1H3. The molecule has 0 bridgehead atoms. The van der Waals surface area contributed by atoms with Crippen molar-refractivity contribution in [2.24, 2.45) is 17.8 Å². The first kappa shape index (κ1) is 10.1. The quantitative estimate of drug-likeness (QED) is 0.569. The number of hydrogen-bond donors (Lipinski definition) is 0. The maximum Gasteiger partial charge on any atom is 0.309 e. The molecular weight excluding hydrogens is 200 g/mol. The molecule has 5 heteroatoms. The Bertz CT molecular complexity index is 322. The summed E-state index contributed by atoms with van der Waals surface area (Å²) in [6.45, 7) is 0.162. The zero-order valence-electron chi connectivity index (χ0n) is 8.39. The van der Waals surface area contributed by atoms with Gasteiger partial charge < -0.3 is 9.47 Å². The maximum atomic E-state index is 11.6. The van der Waals surface area contributed by atoms with Gasteiger partial charge in [0.05, 0.1) is 26.1 Å². The molecule has 0 N–H and O–H groups in total. The van der Waals surface area contributed by atoms with Crippen LogP contribution in [0.25, 0.3) is 0 Å². The highest BCUT2D eigenvalue weighted by Gasteiger charge is 2.49. The predicted octanol–water partition coefficient (Wildman–Crippen LogP) is -0.0723. The van der Waals surface area contributed by atoms with Gasteiger partial charge in [0, 0.05) is 18.3 Å². The minimum Gasteiger partial charge on any atom is -0.469 e. The molecule has 0 spiro atoms. The fraction of sp³-hybridized carbons (Fsp3) is 0.700. The summed E-state index contributed by atoms with van der Waals surface area (Å²) in [7, 11) is 1.30. The van der Waals surface area contributed by atoms with E-state index in [1.54, 1.807) is 0 Å². The molecule has 0 aromatic carbocycles. The molecule has 2 aliphatic rings. The number of carbonyl (C=O) groups excluding carboxylic acids is 3. The summed E-state index contributed by atoms with van der Waals surface area (Å²) < 4.78 is 9.49. The molecule has 5 nitrogen and oxygen atoms in total. The van der Waals surface area contributed by atoms with Crippen LogP contribution in [0.15, 0.2) is 0 Å². The molecule has 1 heterocycles. The first-order valence-electron chi connectivity index (χ1n) is 4.89. The largest absolute Gasteiger partial charge is 0.469 e. The van der Waals surface area contributed by atoms with Crippen molar-refractivity contribution in [1.82, 2.24) is 0 Å². The van der Waals surface area contributed by atoms with E-state index in [9.17, 15) is 14.4 Å². The third kappa shape index (κ3) is 1.62. The predicted molar refractivity (Wildman–Crippen MR) is 47.7 cm³/mol. The molecule has 1 aliphatic carbocycles. The molecule has 0 aromatic rings. The zero-order chi connectivity index (χ0) is 11.0. The minimum atomic E-state index is -0.430. The van der Waals surface area contributed by atoms with Crippen LogP contribution in [0.1, 0.15) is 12.8 Å². The first-order chi connectivity index (χ1) is 7.13. The average Bonchev–Trinajstić information content (AvgIpc) is 2.55. The number of cyclic esters (lactones) is 1. The van der Waals surface area contributed by atoms with Gasteiger partial charge >= 0.3 is 11.9 Å². The lowest BCUT2D eigenvalue weighted by Gasteiger charge is -2.26. The van der Waals surface area contributed by atoms with Crippen LogP contribution in [-0.2, 0) is 23.9 Å². The molecular formula is C10H12O5. The molecule has 3 atom stereocenters. The highest BCUT2D eigenvalue weighted by Crippen LogP contribution is 2.39. The molecule has 2 rings (SSSR count). The van der Waals surface area contributed by atoms with E-state index >= 15 is 0 Å². The van der Waals surface area contributed by atoms with Gasteiger partial charge in [-0.15, -0.1) is 0 Å². The summed E-state index contributed by atoms with van der Waals surface area (Å²) in [5.41, 5.74) is 0. The lowest BCUT2D eigenvalue weighted by molar-refractivity contribution is -0.159. The maximum absolute atomic E-state index is 11.6. The van der Waals surface area contributed by atoms with E-state index in [1.807, 2.05) is 0 Å². The number of rotatable bonds is 1. The normalized spacial score (nSPS) is 34.6. The second kappa shape index (κ2) is 3.64. The van der Waals surface area contributed by atoms with Crippen molar-refractivity contribution < 1.29 is 23.9 Å². The van der Waals surface area contributed by atoms with Crippen LogP contribution < -0.4 is 0 Å². The Morgan fingerprint density at radius 1 is 1.40 bits per heavy atom. The van der Waals surface area contributed by atoms with Gasteiger partial charge in [-0.1, -0.05) is 0 Å². The van der Waals surface area contributed by atoms with Gasteiger partial charge in [0.25, 0.3) is 0 Å². The summed E-state index contributed by atoms with van der Waals surface area (Å²) in [6.07, 6.45) is 0.287. The average molecular weight is 212 g/mol. The number of methoxy groups -OCH3 is 1. The molecule has 2 fully saturated rings. The number of Topliss-reactive ketones (excluding diaryl/α,β-unsaturated/α-hetero) is 1. The molecule has 82 valence electrons. The molecule has 3 unspecified atom stereocenters. The van der Waals surface area contributed by atoms with Crippen molar-refractivity contribution in [2.45, 2.75) is 12.8 Å². The van der Waals surface area contributed by atoms with Crippen LogP contribution in [0, 0.1) is 17.8 Å². The monoisotopic (exact) mass is 212 g/mol. The van der Waals surface area contributed by atoms with Crippen LogP contribution in [0.3, 0.4) is 0 Å². The smallest absolute Gasteiger partial charge is 0.309 e. The van der Waals surface area contributed by atoms with Crippen LogP contribution >= 0.6 is 0 Å². The third-order valence-corrected chi connectivity index (χ3v) is 3.20. The SMILES string of the molecule is COC(=O)C1CC(=O)C2CC(=O)OCC21. The van der Waals surface area contributed by atoms with E-state index in [1.165, 1.54) is 7.11 Å². The Hall–Kier alpha value is -1.39. The van der Waals surface area contributed by atoms with Crippen molar-refractivity contribution in [3.8, 4) is 0 Å². The van der Waals surface area contributed by atoms with E-state index in [4.69, 9.17) is 4.74 Å². The summed E-state index contributed by atoms with van der Waals surface area (Å²) in [5, 5.41) is 0. The molecule has 15 heavy (non-hydrogen) atoms. The van der Waals surface area contributed by atoms with Gasteiger partial charge in [-0.05, 0) is 0 Å². The second-order valence-corrected chi connectivity index (χ2v) is 3.96. The Morgan fingerprint density at radius 2 is 2.13 bits per heavy atom. The first-order valence-corrected chi connectivity index (χ1v) is 4.89. The van der Waals surface area contributed by atoms with E-state index in [-0.39, 0.29) is 49.0 Å². The lowest BCUT2D eigenvalue weighted by Crippen LogP contribution is -2.34. The summed E-state index contributed by atoms with van der Waals surface area (Å²) >= 11 is 0. The zero-order valence-corrected chi connectivity index (χ0v) is 8.39. The van der Waals surface area contributed by atoms with Crippen molar-refractivity contribution in [3.63, 3.8) is 0 Å². The van der Waals surface area contributed by atoms with Crippen molar-refractivity contribution >= 4 is 17.7 Å². The Kier molecular flexibility index (Phi) is 2.46. The Labute approximate surface area is 86.7 Å². The van der Waals surface area contributed by atoms with E-state index in [0.29, 0.717) is 0 Å². The van der Waals surface area contributed by atoms with Crippen LogP contribution in [0.5, 0.6) is 0 Å². The molecule has 1 saturated heterocycles. The van der Waals surface area contributed by atoms with Crippen molar-refractivity contribution in [2.75, 3.05) is 13.7 Å². The number of carbonyl (C=O) groups is 3. The van der Waals surface area contributed by atoms with E-state index in [2.05, 4.69) is 4.74 Å². The van der Waals surface area contributed by atoms with Crippen molar-refractivity contribution in [1.29, 1.82) is 0 Å². The molecule has 1 saturated carbocycles. The van der Waals surface area contributed by atoms with Gasteiger partial charge in [0.1, 0.15) is 5.78 Å². The molecule has 0 aromatic heterocycles. The topological polar surface area (TPSA) is 69.7 Å². The summed E-state index contributed by atoms with van der Waals surface area (Å²) in [6, 6.07) is 0. The summed E-state index contributed by atoms with van der Waals surface area (Å²) in [4.78, 5) is 34.0. The van der Waals surface area contributed by atoms with Gasteiger partial charge in [0.2, 0.25) is 0 Å². The van der Waals surface area contributed by atoms with E-state index < -0.39 is 5.92 Å². The number of hydrogen-bond acceptors (Lipinski definition) is 5. The summed E-state index contributed by atoms with van der Waals surface area (Å²) in [5.74, 6) is -1.70.